The van der Waals surface area contributed by atoms with Crippen LogP contribution in [0, 0.1) is 0 Å². The number of piperidine rings is 1. The molecule has 1 saturated heterocycles. The summed E-state index contributed by atoms with van der Waals surface area (Å²) >= 11 is 0. The molecule has 1 aliphatic rings. The predicted molar refractivity (Wildman–Crippen MR) is 90.0 cm³/mol. The Labute approximate surface area is 144 Å². The number of nitrogens with zero attached hydrogens (tertiary/aromatic N) is 4. The fraction of sp³-hybridized carbons (Fsp3) is 0.333. The molecule has 25 heavy (non-hydrogen) atoms. The summed E-state index contributed by atoms with van der Waals surface area (Å²) < 4.78 is 11.1. The summed E-state index contributed by atoms with van der Waals surface area (Å²) in [6.07, 6.45) is 5.08. The van der Waals surface area contributed by atoms with Crippen molar-refractivity contribution in [2.45, 2.75) is 25.4 Å². The van der Waals surface area contributed by atoms with E-state index in [1.807, 2.05) is 29.2 Å². The van der Waals surface area contributed by atoms with Crippen LogP contribution in [0.15, 0.2) is 47.4 Å². The maximum atomic E-state index is 12.7. The molecule has 1 aliphatic heterocycles. The molecule has 0 spiro atoms. The summed E-state index contributed by atoms with van der Waals surface area (Å²) in [6.45, 7) is 1.29. The van der Waals surface area contributed by atoms with Gasteiger partial charge in [0.05, 0.1) is 13.0 Å². The van der Waals surface area contributed by atoms with E-state index in [1.165, 1.54) is 6.33 Å². The second-order valence-electron chi connectivity index (χ2n) is 6.07. The van der Waals surface area contributed by atoms with Crippen LogP contribution in [0.4, 0.5) is 0 Å². The third-order valence-corrected chi connectivity index (χ3v) is 4.34. The molecule has 3 heterocycles. The van der Waals surface area contributed by atoms with Crippen molar-refractivity contribution < 1.29 is 14.1 Å². The van der Waals surface area contributed by atoms with E-state index in [1.54, 1.807) is 12.3 Å². The van der Waals surface area contributed by atoms with Crippen LogP contribution in [0.25, 0.3) is 11.0 Å². The first-order valence-corrected chi connectivity index (χ1v) is 8.33. The van der Waals surface area contributed by atoms with Gasteiger partial charge in [-0.1, -0.05) is 17.3 Å². The first kappa shape index (κ1) is 15.6. The van der Waals surface area contributed by atoms with Gasteiger partial charge >= 0.3 is 0 Å². The zero-order chi connectivity index (χ0) is 17.1. The average Bonchev–Trinajstić information content (AvgIpc) is 3.06. The first-order chi connectivity index (χ1) is 12.3. The fourth-order valence-corrected chi connectivity index (χ4v) is 3.10. The lowest BCUT2D eigenvalue weighted by Gasteiger charge is -2.32. The number of hydrogen-bond donors (Lipinski definition) is 0. The number of benzene rings is 1. The van der Waals surface area contributed by atoms with Crippen LogP contribution in [-0.4, -0.2) is 45.1 Å². The molecule has 7 nitrogen and oxygen atoms in total. The van der Waals surface area contributed by atoms with Crippen molar-refractivity contribution in [3.63, 3.8) is 0 Å². The van der Waals surface area contributed by atoms with Crippen molar-refractivity contribution in [1.29, 1.82) is 0 Å². The summed E-state index contributed by atoms with van der Waals surface area (Å²) in [5.74, 6) is 0.576. The van der Waals surface area contributed by atoms with Crippen LogP contribution in [0.2, 0.25) is 0 Å². The zero-order valence-corrected chi connectivity index (χ0v) is 13.7. The highest BCUT2D eigenvalue weighted by atomic mass is 16.5. The Hall–Kier alpha value is -2.96. The molecule has 1 unspecified atom stereocenters. The molecule has 2 aromatic heterocycles. The number of hydrogen-bond acceptors (Lipinski definition) is 6. The van der Waals surface area contributed by atoms with Crippen molar-refractivity contribution in [1.82, 2.24) is 20.0 Å². The molecule has 0 saturated carbocycles. The number of likely N-dealkylation sites (tertiary alicyclic amines) is 1. The molecule has 0 bridgehead atoms. The zero-order valence-electron chi connectivity index (χ0n) is 13.7. The number of aromatic nitrogens is 3. The van der Waals surface area contributed by atoms with Gasteiger partial charge in [0.2, 0.25) is 11.8 Å². The Morgan fingerprint density at radius 3 is 3.12 bits per heavy atom. The van der Waals surface area contributed by atoms with E-state index < -0.39 is 0 Å². The maximum Gasteiger partial charge on any atom is 0.228 e. The van der Waals surface area contributed by atoms with E-state index in [9.17, 15) is 4.79 Å². The predicted octanol–water partition coefficient (Wildman–Crippen LogP) is 2.23. The van der Waals surface area contributed by atoms with Crippen LogP contribution >= 0.6 is 0 Å². The summed E-state index contributed by atoms with van der Waals surface area (Å²) in [6, 6.07) is 9.30. The fourth-order valence-electron chi connectivity index (χ4n) is 3.10. The Bertz CT molecular complexity index is 865. The molecular formula is C18H18N4O3. The largest absolute Gasteiger partial charge is 0.472 e. The SMILES string of the molecule is O=C(Cc1noc2ccccc12)N1CCCC(Oc2ccncn2)C1. The number of carbonyl (C=O) groups excluding carboxylic acids is 1. The topological polar surface area (TPSA) is 81.4 Å². The van der Waals surface area contributed by atoms with Gasteiger partial charge in [0.1, 0.15) is 18.1 Å². The van der Waals surface area contributed by atoms with Crippen LogP contribution in [-0.2, 0) is 11.2 Å². The molecule has 1 aromatic carbocycles. The van der Waals surface area contributed by atoms with Crippen LogP contribution in [0.5, 0.6) is 5.88 Å². The number of amides is 1. The Kier molecular flexibility index (Phi) is 4.28. The molecule has 4 rings (SSSR count). The lowest BCUT2D eigenvalue weighted by molar-refractivity contribution is -0.133. The van der Waals surface area contributed by atoms with Gasteiger partial charge in [-0.25, -0.2) is 9.97 Å². The summed E-state index contributed by atoms with van der Waals surface area (Å²) in [4.78, 5) is 22.5. The van der Waals surface area contributed by atoms with E-state index in [-0.39, 0.29) is 18.4 Å². The molecule has 0 aliphatic carbocycles. The molecule has 0 N–H and O–H groups in total. The van der Waals surface area contributed by atoms with Gasteiger partial charge in [-0.2, -0.15) is 0 Å². The highest BCUT2D eigenvalue weighted by Gasteiger charge is 2.26. The Balaban J connectivity index is 1.41. The number of carbonyl (C=O) groups is 1. The number of rotatable bonds is 4. The average molecular weight is 338 g/mol. The van der Waals surface area contributed by atoms with Gasteiger partial charge < -0.3 is 14.2 Å². The van der Waals surface area contributed by atoms with Crippen molar-refractivity contribution in [2.24, 2.45) is 0 Å². The van der Waals surface area contributed by atoms with E-state index in [0.29, 0.717) is 23.7 Å². The maximum absolute atomic E-state index is 12.7. The van der Waals surface area contributed by atoms with E-state index in [2.05, 4.69) is 15.1 Å². The van der Waals surface area contributed by atoms with Crippen LogP contribution in [0.3, 0.4) is 0 Å². The van der Waals surface area contributed by atoms with Crippen LogP contribution in [0.1, 0.15) is 18.5 Å². The molecule has 3 aromatic rings. The van der Waals surface area contributed by atoms with Crippen molar-refractivity contribution in [3.8, 4) is 5.88 Å². The monoisotopic (exact) mass is 338 g/mol. The third kappa shape index (κ3) is 3.45. The van der Waals surface area contributed by atoms with E-state index >= 15 is 0 Å². The number of fused-ring (bicyclic) bond motifs is 1. The minimum Gasteiger partial charge on any atom is -0.472 e. The van der Waals surface area contributed by atoms with E-state index in [4.69, 9.17) is 9.26 Å². The van der Waals surface area contributed by atoms with Crippen LogP contribution < -0.4 is 4.74 Å². The van der Waals surface area contributed by atoms with Crippen molar-refractivity contribution in [3.05, 3.63) is 48.5 Å². The summed E-state index contributed by atoms with van der Waals surface area (Å²) in [5, 5.41) is 4.94. The Morgan fingerprint density at radius 1 is 1.32 bits per heavy atom. The second kappa shape index (κ2) is 6.88. The second-order valence-corrected chi connectivity index (χ2v) is 6.07. The van der Waals surface area contributed by atoms with Gasteiger partial charge in [-0.15, -0.1) is 0 Å². The number of ether oxygens (including phenoxy) is 1. The van der Waals surface area contributed by atoms with Crippen molar-refractivity contribution in [2.75, 3.05) is 13.1 Å². The minimum absolute atomic E-state index is 0.0371. The van der Waals surface area contributed by atoms with Gasteiger partial charge in [-0.3, -0.25) is 4.79 Å². The first-order valence-electron chi connectivity index (χ1n) is 8.33. The highest BCUT2D eigenvalue weighted by Crippen LogP contribution is 2.20. The van der Waals surface area contributed by atoms with Crippen molar-refractivity contribution >= 4 is 16.9 Å². The van der Waals surface area contributed by atoms with Gasteiger partial charge in [-0.05, 0) is 25.0 Å². The summed E-state index contributed by atoms with van der Waals surface area (Å²) in [7, 11) is 0. The lowest BCUT2D eigenvalue weighted by Crippen LogP contribution is -2.45. The molecule has 1 fully saturated rings. The third-order valence-electron chi connectivity index (χ3n) is 4.34. The van der Waals surface area contributed by atoms with Gasteiger partial charge in [0.15, 0.2) is 5.58 Å². The number of para-hydroxylation sites is 1. The van der Waals surface area contributed by atoms with Gasteiger partial charge in [0, 0.05) is 24.2 Å². The molecule has 1 amide bonds. The van der Waals surface area contributed by atoms with Gasteiger partial charge in [0.25, 0.3) is 0 Å². The normalized spacial score (nSPS) is 17.6. The quantitative estimate of drug-likeness (QED) is 0.725. The summed E-state index contributed by atoms with van der Waals surface area (Å²) in [5.41, 5.74) is 1.38. The lowest BCUT2D eigenvalue weighted by atomic mass is 10.1. The highest BCUT2D eigenvalue weighted by molar-refractivity contribution is 5.86. The minimum atomic E-state index is -0.0540. The Morgan fingerprint density at radius 2 is 2.24 bits per heavy atom. The molecule has 128 valence electrons. The molecule has 1 atom stereocenters. The molecular weight excluding hydrogens is 320 g/mol. The molecule has 7 heteroatoms. The van der Waals surface area contributed by atoms with E-state index in [0.717, 1.165) is 24.8 Å². The molecule has 0 radical (unpaired) electrons. The standard InChI is InChI=1S/C18H18N4O3/c23-18(10-15-14-5-1-2-6-16(14)25-21-15)22-9-3-4-13(11-22)24-17-7-8-19-12-20-17/h1-2,5-8,12-13H,3-4,9-11H2. The smallest absolute Gasteiger partial charge is 0.228 e.